The summed E-state index contributed by atoms with van der Waals surface area (Å²) >= 11 is 0. The molecule has 0 radical (unpaired) electrons. The van der Waals surface area contributed by atoms with Crippen LogP contribution in [0.3, 0.4) is 0 Å². The van der Waals surface area contributed by atoms with Gasteiger partial charge in [-0.3, -0.25) is 19.2 Å². The first-order valence-corrected chi connectivity index (χ1v) is 8.26. The Morgan fingerprint density at radius 3 is 1.59 bits per heavy atom. The molecule has 0 bridgehead atoms. The third kappa shape index (κ3) is 5.47. The molecule has 0 aliphatic heterocycles. The molecule has 4 heteroatoms. The predicted octanol–water partition coefficient (Wildman–Crippen LogP) is 3.70. The molecule has 0 aromatic rings. The quantitative estimate of drug-likeness (QED) is 0.515. The predicted molar refractivity (Wildman–Crippen MR) is 86.6 cm³/mol. The Balaban J connectivity index is 5.79. The van der Waals surface area contributed by atoms with Gasteiger partial charge in [0.05, 0.1) is 12.3 Å². The number of carbonyl (C=O) groups is 4. The largest absolute Gasteiger partial charge is 0.300 e. The lowest BCUT2D eigenvalue weighted by atomic mass is 9.63. The summed E-state index contributed by atoms with van der Waals surface area (Å²) in [6, 6.07) is 0. The van der Waals surface area contributed by atoms with Gasteiger partial charge in [-0.15, -0.1) is 0 Å². The SMILES string of the molecule is CCCCC(CCCC)(C(C)=O)C(C(C)=O)C(=O)CC(C)=O. The number of rotatable bonds is 12. The Labute approximate surface area is 134 Å². The second-order valence-electron chi connectivity index (χ2n) is 6.31. The fourth-order valence-electron chi connectivity index (χ4n) is 3.22. The van der Waals surface area contributed by atoms with Gasteiger partial charge in [0.2, 0.25) is 0 Å². The smallest absolute Gasteiger partial charge is 0.151 e. The van der Waals surface area contributed by atoms with E-state index in [-0.39, 0.29) is 23.8 Å². The summed E-state index contributed by atoms with van der Waals surface area (Å²) < 4.78 is 0. The van der Waals surface area contributed by atoms with Gasteiger partial charge in [-0.25, -0.2) is 0 Å². The molecule has 0 spiro atoms. The van der Waals surface area contributed by atoms with Crippen molar-refractivity contribution in [1.82, 2.24) is 0 Å². The normalized spacial score (nSPS) is 12.8. The summed E-state index contributed by atoms with van der Waals surface area (Å²) in [4.78, 5) is 48.4. The maximum absolute atomic E-state index is 12.5. The Kier molecular flexibility index (Phi) is 9.07. The third-order valence-electron chi connectivity index (χ3n) is 4.36. The van der Waals surface area contributed by atoms with Gasteiger partial charge >= 0.3 is 0 Å². The highest BCUT2D eigenvalue weighted by molar-refractivity contribution is 6.11. The molecule has 0 aromatic carbocycles. The van der Waals surface area contributed by atoms with E-state index in [4.69, 9.17) is 0 Å². The average Bonchev–Trinajstić information content (AvgIpc) is 2.40. The fraction of sp³-hybridized carbons (Fsp3) is 0.778. The molecular weight excluding hydrogens is 280 g/mol. The summed E-state index contributed by atoms with van der Waals surface area (Å²) in [7, 11) is 0. The van der Waals surface area contributed by atoms with Gasteiger partial charge in [0.15, 0.2) is 5.78 Å². The van der Waals surface area contributed by atoms with Crippen molar-refractivity contribution in [2.24, 2.45) is 11.3 Å². The van der Waals surface area contributed by atoms with Crippen molar-refractivity contribution >= 4 is 23.1 Å². The first kappa shape index (κ1) is 20.7. The highest BCUT2D eigenvalue weighted by Crippen LogP contribution is 2.41. The van der Waals surface area contributed by atoms with Crippen LogP contribution in [0.5, 0.6) is 0 Å². The van der Waals surface area contributed by atoms with E-state index in [2.05, 4.69) is 0 Å². The highest BCUT2D eigenvalue weighted by Gasteiger charge is 2.47. The summed E-state index contributed by atoms with van der Waals surface area (Å²) in [6.45, 7) is 8.21. The van der Waals surface area contributed by atoms with E-state index < -0.39 is 17.1 Å². The lowest BCUT2D eigenvalue weighted by molar-refractivity contribution is -0.147. The molecule has 0 aliphatic rings. The number of ketones is 4. The second kappa shape index (κ2) is 9.65. The summed E-state index contributed by atoms with van der Waals surface area (Å²) in [5.74, 6) is -2.05. The van der Waals surface area contributed by atoms with Crippen molar-refractivity contribution in [3.05, 3.63) is 0 Å². The number of hydrogen-bond donors (Lipinski definition) is 0. The van der Waals surface area contributed by atoms with Crippen molar-refractivity contribution in [3.63, 3.8) is 0 Å². The Morgan fingerprint density at radius 2 is 1.32 bits per heavy atom. The molecule has 0 heterocycles. The van der Waals surface area contributed by atoms with E-state index in [0.29, 0.717) is 12.8 Å². The van der Waals surface area contributed by atoms with E-state index in [1.807, 2.05) is 13.8 Å². The zero-order valence-corrected chi connectivity index (χ0v) is 14.7. The van der Waals surface area contributed by atoms with Crippen LogP contribution in [-0.2, 0) is 19.2 Å². The Morgan fingerprint density at radius 1 is 0.864 bits per heavy atom. The van der Waals surface area contributed by atoms with Crippen LogP contribution in [0.4, 0.5) is 0 Å². The van der Waals surface area contributed by atoms with E-state index >= 15 is 0 Å². The van der Waals surface area contributed by atoms with E-state index in [1.54, 1.807) is 0 Å². The first-order valence-electron chi connectivity index (χ1n) is 8.26. The van der Waals surface area contributed by atoms with Gasteiger partial charge in [-0.2, -0.15) is 0 Å². The van der Waals surface area contributed by atoms with Crippen LogP contribution in [-0.4, -0.2) is 23.1 Å². The van der Waals surface area contributed by atoms with Gasteiger partial charge < -0.3 is 0 Å². The highest BCUT2D eigenvalue weighted by atomic mass is 16.2. The zero-order chi connectivity index (χ0) is 17.3. The van der Waals surface area contributed by atoms with Crippen LogP contribution >= 0.6 is 0 Å². The molecule has 0 N–H and O–H groups in total. The first-order chi connectivity index (χ1) is 10.2. The van der Waals surface area contributed by atoms with E-state index in [0.717, 1.165) is 25.7 Å². The van der Waals surface area contributed by atoms with Crippen LogP contribution in [0.25, 0.3) is 0 Å². The summed E-state index contributed by atoms with van der Waals surface area (Å²) in [6.07, 6.45) is 4.18. The molecule has 1 unspecified atom stereocenters. The van der Waals surface area contributed by atoms with Crippen LogP contribution < -0.4 is 0 Å². The minimum absolute atomic E-state index is 0.105. The molecule has 0 aliphatic carbocycles. The van der Waals surface area contributed by atoms with Crippen LogP contribution in [0, 0.1) is 11.3 Å². The van der Waals surface area contributed by atoms with Crippen LogP contribution in [0.2, 0.25) is 0 Å². The maximum Gasteiger partial charge on any atom is 0.151 e. The number of unbranched alkanes of at least 4 members (excludes halogenated alkanes) is 2. The lowest BCUT2D eigenvalue weighted by Gasteiger charge is -2.37. The third-order valence-corrected chi connectivity index (χ3v) is 4.36. The molecule has 0 amide bonds. The maximum atomic E-state index is 12.5. The monoisotopic (exact) mass is 310 g/mol. The van der Waals surface area contributed by atoms with Crippen molar-refractivity contribution in [2.45, 2.75) is 79.6 Å². The van der Waals surface area contributed by atoms with Gasteiger partial charge in [0.25, 0.3) is 0 Å². The average molecular weight is 310 g/mol. The number of carbonyl (C=O) groups excluding carboxylic acids is 4. The minimum atomic E-state index is -0.980. The molecule has 1 atom stereocenters. The van der Waals surface area contributed by atoms with Gasteiger partial charge in [-0.05, 0) is 33.6 Å². The van der Waals surface area contributed by atoms with E-state index in [1.165, 1.54) is 20.8 Å². The molecule has 0 saturated carbocycles. The van der Waals surface area contributed by atoms with Crippen molar-refractivity contribution in [3.8, 4) is 0 Å². The molecule has 126 valence electrons. The molecule has 22 heavy (non-hydrogen) atoms. The molecule has 0 aromatic heterocycles. The lowest BCUT2D eigenvalue weighted by Crippen LogP contribution is -2.45. The van der Waals surface area contributed by atoms with Gasteiger partial charge in [0, 0.05) is 5.41 Å². The van der Waals surface area contributed by atoms with E-state index in [9.17, 15) is 19.2 Å². The van der Waals surface area contributed by atoms with Gasteiger partial charge in [-0.1, -0.05) is 39.5 Å². The number of Topliss-reactive ketones (excluding diaryl/α,β-unsaturated/α-hetero) is 4. The minimum Gasteiger partial charge on any atom is -0.300 e. The van der Waals surface area contributed by atoms with Gasteiger partial charge in [0.1, 0.15) is 17.3 Å². The number of hydrogen-bond acceptors (Lipinski definition) is 4. The molecular formula is C18H30O4. The molecule has 4 nitrogen and oxygen atoms in total. The van der Waals surface area contributed by atoms with Crippen molar-refractivity contribution in [1.29, 1.82) is 0 Å². The summed E-state index contributed by atoms with van der Waals surface area (Å²) in [5, 5.41) is 0. The zero-order valence-electron chi connectivity index (χ0n) is 14.7. The van der Waals surface area contributed by atoms with Crippen molar-refractivity contribution < 1.29 is 19.2 Å². The Hall–Kier alpha value is -1.32. The molecule has 0 rings (SSSR count). The topological polar surface area (TPSA) is 68.3 Å². The summed E-state index contributed by atoms with van der Waals surface area (Å²) in [5.41, 5.74) is -0.940. The molecule has 0 saturated heterocycles. The second-order valence-corrected chi connectivity index (χ2v) is 6.31. The standard InChI is InChI=1S/C18H30O4/c1-6-8-10-18(15(5)21,11-9-7-2)17(14(4)20)16(22)12-13(3)19/h17H,6-12H2,1-5H3. The van der Waals surface area contributed by atoms with Crippen LogP contribution in [0.1, 0.15) is 79.6 Å². The fourth-order valence-corrected chi connectivity index (χ4v) is 3.22. The Bertz CT molecular complexity index is 415. The van der Waals surface area contributed by atoms with Crippen LogP contribution in [0.15, 0.2) is 0 Å². The van der Waals surface area contributed by atoms with Crippen molar-refractivity contribution in [2.75, 3.05) is 0 Å². The molecule has 0 fully saturated rings.